The van der Waals surface area contributed by atoms with Crippen molar-refractivity contribution in [3.63, 3.8) is 0 Å². The van der Waals surface area contributed by atoms with Gasteiger partial charge in [-0.2, -0.15) is 0 Å². The van der Waals surface area contributed by atoms with Crippen molar-refractivity contribution in [2.75, 3.05) is 6.54 Å². The van der Waals surface area contributed by atoms with E-state index in [1.54, 1.807) is 4.88 Å². The predicted molar refractivity (Wildman–Crippen MR) is 71.6 cm³/mol. The van der Waals surface area contributed by atoms with Crippen molar-refractivity contribution in [3.05, 3.63) is 43.8 Å². The molecule has 0 saturated carbocycles. The number of aryl methyl sites for hydroxylation is 1. The van der Waals surface area contributed by atoms with Crippen LogP contribution in [0.3, 0.4) is 0 Å². The van der Waals surface area contributed by atoms with Crippen LogP contribution in [0.4, 0.5) is 0 Å². The van der Waals surface area contributed by atoms with Gasteiger partial charge in [0.1, 0.15) is 0 Å². The third-order valence-electron chi connectivity index (χ3n) is 3.11. The van der Waals surface area contributed by atoms with E-state index in [2.05, 4.69) is 35.8 Å². The Morgan fingerprint density at radius 1 is 1.38 bits per heavy atom. The van der Waals surface area contributed by atoms with Gasteiger partial charge in [-0.25, -0.2) is 0 Å². The second-order valence-corrected chi connectivity index (χ2v) is 6.29. The minimum atomic E-state index is 0.445. The zero-order valence-electron chi connectivity index (χ0n) is 9.32. The lowest BCUT2D eigenvalue weighted by Gasteiger charge is -2.23. The van der Waals surface area contributed by atoms with E-state index in [4.69, 9.17) is 0 Å². The van der Waals surface area contributed by atoms with Gasteiger partial charge < -0.3 is 5.32 Å². The summed E-state index contributed by atoms with van der Waals surface area (Å²) in [5.41, 5.74) is 1.50. The van der Waals surface area contributed by atoms with Gasteiger partial charge in [0, 0.05) is 21.2 Å². The fourth-order valence-electron chi connectivity index (χ4n) is 2.24. The molecular formula is C13H15NS2. The van der Waals surface area contributed by atoms with E-state index < -0.39 is 0 Å². The SMILES string of the molecule is CCc1ccc(C2NCCc3sccc32)s1. The maximum absolute atomic E-state index is 3.63. The van der Waals surface area contributed by atoms with Crippen LogP contribution < -0.4 is 5.32 Å². The molecule has 0 amide bonds. The number of rotatable bonds is 2. The van der Waals surface area contributed by atoms with Crippen LogP contribution in [-0.2, 0) is 12.8 Å². The Labute approximate surface area is 104 Å². The van der Waals surface area contributed by atoms with Crippen molar-refractivity contribution in [1.29, 1.82) is 0 Å². The van der Waals surface area contributed by atoms with Crippen molar-refractivity contribution in [2.24, 2.45) is 0 Å². The highest BCUT2D eigenvalue weighted by Crippen LogP contribution is 2.35. The minimum absolute atomic E-state index is 0.445. The molecule has 1 unspecified atom stereocenters. The molecule has 1 N–H and O–H groups in total. The van der Waals surface area contributed by atoms with E-state index in [9.17, 15) is 0 Å². The lowest BCUT2D eigenvalue weighted by Crippen LogP contribution is -2.28. The van der Waals surface area contributed by atoms with Gasteiger partial charge in [0.05, 0.1) is 6.04 Å². The van der Waals surface area contributed by atoms with Crippen LogP contribution in [0.1, 0.15) is 33.2 Å². The van der Waals surface area contributed by atoms with Gasteiger partial charge in [0.15, 0.2) is 0 Å². The molecule has 16 heavy (non-hydrogen) atoms. The van der Waals surface area contributed by atoms with E-state index in [0.29, 0.717) is 6.04 Å². The summed E-state index contributed by atoms with van der Waals surface area (Å²) in [5, 5.41) is 5.85. The molecule has 0 bridgehead atoms. The Morgan fingerprint density at radius 3 is 3.12 bits per heavy atom. The molecule has 1 aliphatic rings. The van der Waals surface area contributed by atoms with Crippen molar-refractivity contribution in [3.8, 4) is 0 Å². The topological polar surface area (TPSA) is 12.0 Å². The Hall–Kier alpha value is -0.640. The van der Waals surface area contributed by atoms with E-state index in [0.717, 1.165) is 13.0 Å². The van der Waals surface area contributed by atoms with Gasteiger partial charge >= 0.3 is 0 Å². The summed E-state index contributed by atoms with van der Waals surface area (Å²) >= 11 is 3.85. The smallest absolute Gasteiger partial charge is 0.0682 e. The maximum Gasteiger partial charge on any atom is 0.0682 e. The molecule has 1 nitrogen and oxygen atoms in total. The third-order valence-corrected chi connectivity index (χ3v) is 5.40. The van der Waals surface area contributed by atoms with Crippen LogP contribution in [0, 0.1) is 0 Å². The molecule has 3 heterocycles. The zero-order chi connectivity index (χ0) is 11.0. The summed E-state index contributed by atoms with van der Waals surface area (Å²) in [6.07, 6.45) is 2.34. The summed E-state index contributed by atoms with van der Waals surface area (Å²) in [4.78, 5) is 4.52. The van der Waals surface area contributed by atoms with Crippen molar-refractivity contribution in [1.82, 2.24) is 5.32 Å². The largest absolute Gasteiger partial charge is 0.305 e. The molecule has 2 aromatic rings. The highest BCUT2D eigenvalue weighted by molar-refractivity contribution is 7.12. The first-order valence-electron chi connectivity index (χ1n) is 5.76. The van der Waals surface area contributed by atoms with Crippen molar-refractivity contribution in [2.45, 2.75) is 25.8 Å². The van der Waals surface area contributed by atoms with Crippen LogP contribution in [-0.4, -0.2) is 6.54 Å². The summed E-state index contributed by atoms with van der Waals surface area (Å²) in [6, 6.07) is 7.28. The molecule has 0 radical (unpaired) electrons. The van der Waals surface area contributed by atoms with E-state index in [1.807, 2.05) is 22.7 Å². The van der Waals surface area contributed by atoms with Crippen LogP contribution >= 0.6 is 22.7 Å². The quantitative estimate of drug-likeness (QED) is 0.857. The van der Waals surface area contributed by atoms with Gasteiger partial charge in [-0.3, -0.25) is 0 Å². The number of thiophene rings is 2. The first kappa shape index (κ1) is 10.5. The van der Waals surface area contributed by atoms with Crippen LogP contribution in [0.25, 0.3) is 0 Å². The van der Waals surface area contributed by atoms with Gasteiger partial charge in [-0.15, -0.1) is 22.7 Å². The van der Waals surface area contributed by atoms with Crippen LogP contribution in [0.15, 0.2) is 23.6 Å². The molecule has 1 aliphatic heterocycles. The fraction of sp³-hybridized carbons (Fsp3) is 0.385. The molecule has 0 aliphatic carbocycles. The summed E-state index contributed by atoms with van der Waals surface area (Å²) < 4.78 is 0. The number of hydrogen-bond donors (Lipinski definition) is 1. The van der Waals surface area contributed by atoms with Crippen molar-refractivity contribution >= 4 is 22.7 Å². The van der Waals surface area contributed by atoms with E-state index in [-0.39, 0.29) is 0 Å². The summed E-state index contributed by atoms with van der Waals surface area (Å²) in [7, 11) is 0. The third kappa shape index (κ3) is 1.73. The van der Waals surface area contributed by atoms with Gasteiger partial charge in [0.2, 0.25) is 0 Å². The zero-order valence-corrected chi connectivity index (χ0v) is 11.0. The molecule has 0 aromatic carbocycles. The van der Waals surface area contributed by atoms with Gasteiger partial charge in [-0.1, -0.05) is 6.92 Å². The average Bonchev–Trinajstić information content (AvgIpc) is 2.97. The predicted octanol–water partition coefficient (Wildman–Crippen LogP) is 3.61. The highest BCUT2D eigenvalue weighted by Gasteiger charge is 2.23. The molecule has 0 spiro atoms. The first-order valence-corrected chi connectivity index (χ1v) is 7.46. The molecule has 0 fully saturated rings. The monoisotopic (exact) mass is 249 g/mol. The molecule has 84 valence electrons. The average molecular weight is 249 g/mol. The first-order chi connectivity index (χ1) is 7.88. The number of hydrogen-bond acceptors (Lipinski definition) is 3. The second-order valence-electron chi connectivity index (χ2n) is 4.09. The standard InChI is InChI=1S/C13H15NS2/c1-2-9-3-4-12(16-9)13-10-6-8-15-11(10)5-7-14-13/h3-4,6,8,13-14H,2,5,7H2,1H3. The molecule has 3 heteroatoms. The lowest BCUT2D eigenvalue weighted by molar-refractivity contribution is 0.582. The highest BCUT2D eigenvalue weighted by atomic mass is 32.1. The van der Waals surface area contributed by atoms with Gasteiger partial charge in [0.25, 0.3) is 0 Å². The van der Waals surface area contributed by atoms with Crippen LogP contribution in [0.2, 0.25) is 0 Å². The Morgan fingerprint density at radius 2 is 2.31 bits per heavy atom. The lowest BCUT2D eigenvalue weighted by atomic mass is 10.0. The van der Waals surface area contributed by atoms with Crippen LogP contribution in [0.5, 0.6) is 0 Å². The minimum Gasteiger partial charge on any atom is -0.305 e. The molecule has 0 saturated heterocycles. The molecule has 2 aromatic heterocycles. The Balaban J connectivity index is 1.97. The number of nitrogens with one attached hydrogen (secondary N) is 1. The van der Waals surface area contributed by atoms with E-state index >= 15 is 0 Å². The Bertz CT molecular complexity index is 484. The molecular weight excluding hydrogens is 234 g/mol. The number of fused-ring (bicyclic) bond motifs is 1. The van der Waals surface area contributed by atoms with Crippen molar-refractivity contribution < 1.29 is 0 Å². The molecule has 3 rings (SSSR count). The summed E-state index contributed by atoms with van der Waals surface area (Å²) in [6.45, 7) is 3.33. The second kappa shape index (κ2) is 4.32. The maximum atomic E-state index is 3.63. The fourth-order valence-corrected chi connectivity index (χ4v) is 4.21. The van der Waals surface area contributed by atoms with Gasteiger partial charge in [-0.05, 0) is 42.0 Å². The van der Waals surface area contributed by atoms with E-state index in [1.165, 1.54) is 21.7 Å². The summed E-state index contributed by atoms with van der Waals surface area (Å²) in [5.74, 6) is 0. The molecule has 1 atom stereocenters. The normalized spacial score (nSPS) is 19.7. The Kier molecular flexibility index (Phi) is 2.84.